The van der Waals surface area contributed by atoms with Crippen LogP contribution in [0.5, 0.6) is 0 Å². The maximum absolute atomic E-state index is 12.3. The molecule has 0 saturated carbocycles. The SMILES string of the molecule is CSCC[C@H](N[C@@H](C)C(=O)N1CCC[C@H]1C(=O)O)C(=O)O. The quantitative estimate of drug-likeness (QED) is 0.589. The van der Waals surface area contributed by atoms with Gasteiger partial charge in [0.15, 0.2) is 0 Å². The van der Waals surface area contributed by atoms with Crippen LogP contribution in [0.3, 0.4) is 0 Å². The van der Waals surface area contributed by atoms with Crippen LogP contribution < -0.4 is 5.32 Å². The predicted octanol–water partition coefficient (Wildman–Crippen LogP) is 0.246. The first-order valence-corrected chi connectivity index (χ1v) is 8.29. The molecule has 0 spiro atoms. The van der Waals surface area contributed by atoms with Gasteiger partial charge in [0.25, 0.3) is 0 Å². The fraction of sp³-hybridized carbons (Fsp3) is 0.769. The molecule has 0 aromatic carbocycles. The van der Waals surface area contributed by atoms with Gasteiger partial charge in [-0.15, -0.1) is 0 Å². The van der Waals surface area contributed by atoms with E-state index in [-0.39, 0.29) is 5.91 Å². The van der Waals surface area contributed by atoms with E-state index in [0.717, 1.165) is 0 Å². The molecule has 1 amide bonds. The first kappa shape index (κ1) is 17.8. The molecule has 1 aliphatic heterocycles. The molecule has 1 aliphatic rings. The zero-order chi connectivity index (χ0) is 16.0. The molecule has 1 rings (SSSR count). The Labute approximate surface area is 128 Å². The highest BCUT2D eigenvalue weighted by Crippen LogP contribution is 2.18. The molecule has 0 unspecified atom stereocenters. The summed E-state index contributed by atoms with van der Waals surface area (Å²) in [4.78, 5) is 35.9. The first-order valence-electron chi connectivity index (χ1n) is 6.89. The predicted molar refractivity (Wildman–Crippen MR) is 79.4 cm³/mol. The van der Waals surface area contributed by atoms with Crippen molar-refractivity contribution in [1.82, 2.24) is 10.2 Å². The summed E-state index contributed by atoms with van der Waals surface area (Å²) in [5.74, 6) is -1.69. The molecule has 3 atom stereocenters. The highest BCUT2D eigenvalue weighted by molar-refractivity contribution is 7.98. The van der Waals surface area contributed by atoms with Crippen molar-refractivity contribution in [3.8, 4) is 0 Å². The Morgan fingerprint density at radius 3 is 2.57 bits per heavy atom. The number of carboxylic acids is 2. The normalized spacial score (nSPS) is 21.0. The van der Waals surface area contributed by atoms with Gasteiger partial charge in [-0.3, -0.25) is 14.9 Å². The van der Waals surface area contributed by atoms with Gasteiger partial charge in [-0.2, -0.15) is 11.8 Å². The molecule has 7 nitrogen and oxygen atoms in total. The lowest BCUT2D eigenvalue weighted by atomic mass is 10.1. The largest absolute Gasteiger partial charge is 0.480 e. The zero-order valence-corrected chi connectivity index (χ0v) is 13.1. The zero-order valence-electron chi connectivity index (χ0n) is 12.2. The van der Waals surface area contributed by atoms with E-state index in [1.807, 2.05) is 6.26 Å². The van der Waals surface area contributed by atoms with Crippen molar-refractivity contribution in [2.75, 3.05) is 18.6 Å². The number of hydrogen-bond acceptors (Lipinski definition) is 5. The van der Waals surface area contributed by atoms with Crippen LogP contribution >= 0.6 is 11.8 Å². The summed E-state index contributed by atoms with van der Waals surface area (Å²) in [6.45, 7) is 1.99. The van der Waals surface area contributed by atoms with E-state index in [1.54, 1.807) is 6.92 Å². The van der Waals surface area contributed by atoms with Gasteiger partial charge in [0, 0.05) is 6.54 Å². The minimum atomic E-state index is -1.01. The number of aliphatic carboxylic acids is 2. The second kappa shape index (κ2) is 8.23. The minimum absolute atomic E-state index is 0.352. The number of amides is 1. The maximum atomic E-state index is 12.3. The lowest BCUT2D eigenvalue weighted by Gasteiger charge is -2.27. The molecule has 1 saturated heterocycles. The molecule has 0 aromatic heterocycles. The van der Waals surface area contributed by atoms with Crippen LogP contribution in [0.15, 0.2) is 0 Å². The molecule has 0 aliphatic carbocycles. The Hall–Kier alpha value is -1.28. The van der Waals surface area contributed by atoms with E-state index in [9.17, 15) is 14.4 Å². The Kier molecular flexibility index (Phi) is 6.97. The number of carbonyl (C=O) groups is 3. The van der Waals surface area contributed by atoms with Crippen molar-refractivity contribution in [2.24, 2.45) is 0 Å². The molecule has 1 fully saturated rings. The number of carboxylic acid groups (broad SMARTS) is 2. The molecule has 1 heterocycles. The summed E-state index contributed by atoms with van der Waals surface area (Å²) >= 11 is 1.54. The van der Waals surface area contributed by atoms with Crippen LogP contribution in [0.4, 0.5) is 0 Å². The molecule has 0 aromatic rings. The molecule has 120 valence electrons. The molecular formula is C13H22N2O5S. The number of carbonyl (C=O) groups excluding carboxylic acids is 1. The van der Waals surface area contributed by atoms with Crippen LogP contribution in [0.25, 0.3) is 0 Å². The van der Waals surface area contributed by atoms with Gasteiger partial charge in [0.05, 0.1) is 6.04 Å². The number of nitrogens with zero attached hydrogens (tertiary/aromatic N) is 1. The van der Waals surface area contributed by atoms with Crippen molar-refractivity contribution in [3.63, 3.8) is 0 Å². The topological polar surface area (TPSA) is 107 Å². The van der Waals surface area contributed by atoms with Crippen molar-refractivity contribution >= 4 is 29.6 Å². The van der Waals surface area contributed by atoms with E-state index in [4.69, 9.17) is 10.2 Å². The summed E-state index contributed by atoms with van der Waals surface area (Å²) < 4.78 is 0. The minimum Gasteiger partial charge on any atom is -0.480 e. The Morgan fingerprint density at radius 1 is 1.38 bits per heavy atom. The smallest absolute Gasteiger partial charge is 0.326 e. The van der Waals surface area contributed by atoms with Crippen LogP contribution in [0.1, 0.15) is 26.2 Å². The van der Waals surface area contributed by atoms with Gasteiger partial charge in [-0.1, -0.05) is 0 Å². The second-order valence-corrected chi connectivity index (χ2v) is 6.07. The number of likely N-dealkylation sites (tertiary alicyclic amines) is 1. The first-order chi connectivity index (χ1) is 9.88. The van der Waals surface area contributed by atoms with E-state index in [0.29, 0.717) is 31.6 Å². The average Bonchev–Trinajstić information content (AvgIpc) is 2.91. The lowest BCUT2D eigenvalue weighted by molar-refractivity contribution is -0.149. The Morgan fingerprint density at radius 2 is 2.05 bits per heavy atom. The standard InChI is InChI=1S/C13H22N2O5S/c1-8(14-9(12(17)18)5-7-21-2)11(16)15-6-3-4-10(15)13(19)20/h8-10,14H,3-7H2,1-2H3,(H,17,18)(H,19,20)/t8-,9-,10-/m0/s1. The summed E-state index contributed by atoms with van der Waals surface area (Å²) in [6, 6.07) is -2.31. The third-order valence-corrected chi connectivity index (χ3v) is 4.20. The van der Waals surface area contributed by atoms with Crippen LogP contribution in [-0.2, 0) is 14.4 Å². The van der Waals surface area contributed by atoms with Gasteiger partial charge in [0.2, 0.25) is 5.91 Å². The lowest BCUT2D eigenvalue weighted by Crippen LogP contribution is -2.53. The average molecular weight is 318 g/mol. The molecule has 21 heavy (non-hydrogen) atoms. The fourth-order valence-electron chi connectivity index (χ4n) is 2.42. The van der Waals surface area contributed by atoms with Crippen molar-refractivity contribution in [1.29, 1.82) is 0 Å². The maximum Gasteiger partial charge on any atom is 0.326 e. The van der Waals surface area contributed by atoms with E-state index in [2.05, 4.69) is 5.32 Å². The van der Waals surface area contributed by atoms with E-state index >= 15 is 0 Å². The van der Waals surface area contributed by atoms with E-state index < -0.39 is 30.1 Å². The molecular weight excluding hydrogens is 296 g/mol. The van der Waals surface area contributed by atoms with Gasteiger partial charge in [0.1, 0.15) is 12.1 Å². The summed E-state index contributed by atoms with van der Waals surface area (Å²) in [7, 11) is 0. The fourth-order valence-corrected chi connectivity index (χ4v) is 2.89. The summed E-state index contributed by atoms with van der Waals surface area (Å²) in [6.07, 6.45) is 3.40. The molecule has 8 heteroatoms. The summed E-state index contributed by atoms with van der Waals surface area (Å²) in [5, 5.41) is 21.0. The number of nitrogens with one attached hydrogen (secondary N) is 1. The molecule has 0 radical (unpaired) electrons. The monoisotopic (exact) mass is 318 g/mol. The van der Waals surface area contributed by atoms with Crippen molar-refractivity contribution < 1.29 is 24.6 Å². The number of hydrogen-bond donors (Lipinski definition) is 3. The third-order valence-electron chi connectivity index (χ3n) is 3.55. The van der Waals surface area contributed by atoms with Crippen molar-refractivity contribution in [2.45, 2.75) is 44.3 Å². The van der Waals surface area contributed by atoms with Gasteiger partial charge in [-0.05, 0) is 38.2 Å². The van der Waals surface area contributed by atoms with Gasteiger partial charge in [-0.25, -0.2) is 4.79 Å². The van der Waals surface area contributed by atoms with Crippen molar-refractivity contribution in [3.05, 3.63) is 0 Å². The van der Waals surface area contributed by atoms with Crippen LogP contribution in [0, 0.1) is 0 Å². The summed E-state index contributed by atoms with van der Waals surface area (Å²) in [5.41, 5.74) is 0. The number of rotatable bonds is 8. The highest BCUT2D eigenvalue weighted by Gasteiger charge is 2.36. The van der Waals surface area contributed by atoms with Crippen LogP contribution in [-0.4, -0.2) is 69.6 Å². The molecule has 0 bridgehead atoms. The second-order valence-electron chi connectivity index (χ2n) is 5.09. The van der Waals surface area contributed by atoms with Crippen LogP contribution in [0.2, 0.25) is 0 Å². The molecule has 3 N–H and O–H groups in total. The Balaban J connectivity index is 2.64. The number of thioether (sulfide) groups is 1. The van der Waals surface area contributed by atoms with Gasteiger partial charge >= 0.3 is 11.9 Å². The van der Waals surface area contributed by atoms with Gasteiger partial charge < -0.3 is 15.1 Å². The third kappa shape index (κ3) is 4.89. The Bertz CT molecular complexity index is 404. The van der Waals surface area contributed by atoms with E-state index in [1.165, 1.54) is 16.7 Å². The highest BCUT2D eigenvalue weighted by atomic mass is 32.2.